The number of rotatable bonds is 4. The third-order valence-corrected chi connectivity index (χ3v) is 4.98. The van der Waals surface area contributed by atoms with E-state index in [0.29, 0.717) is 6.42 Å². The summed E-state index contributed by atoms with van der Waals surface area (Å²) in [5.41, 5.74) is 1.08. The molecule has 0 unspecified atom stereocenters. The molecule has 2 aromatic carbocycles. The summed E-state index contributed by atoms with van der Waals surface area (Å²) >= 11 is 7.61. The molecule has 0 saturated heterocycles. The SMILES string of the molecule is C[C@@H](Cc1csc2ccccc12)NC(=O)c1c(F)cccc1Cl. The van der Waals surface area contributed by atoms with Crippen molar-refractivity contribution in [2.24, 2.45) is 0 Å². The van der Waals surface area contributed by atoms with Gasteiger partial charge in [0.1, 0.15) is 5.82 Å². The van der Waals surface area contributed by atoms with E-state index in [2.05, 4.69) is 22.8 Å². The first-order valence-electron chi connectivity index (χ1n) is 7.26. The van der Waals surface area contributed by atoms with Gasteiger partial charge < -0.3 is 5.32 Å². The Morgan fingerprint density at radius 3 is 2.83 bits per heavy atom. The molecule has 0 bridgehead atoms. The predicted octanol–water partition coefficient (Wildman–Crippen LogP) is 5.05. The maximum Gasteiger partial charge on any atom is 0.255 e. The van der Waals surface area contributed by atoms with Crippen molar-refractivity contribution in [1.29, 1.82) is 0 Å². The monoisotopic (exact) mass is 347 g/mol. The molecule has 0 aliphatic heterocycles. The Bertz CT molecular complexity index is 841. The molecule has 1 atom stereocenters. The summed E-state index contributed by atoms with van der Waals surface area (Å²) in [5, 5.41) is 6.24. The molecule has 0 saturated carbocycles. The summed E-state index contributed by atoms with van der Waals surface area (Å²) < 4.78 is 15.0. The fraction of sp³-hybridized carbons (Fsp3) is 0.167. The lowest BCUT2D eigenvalue weighted by Gasteiger charge is -2.14. The highest BCUT2D eigenvalue weighted by atomic mass is 35.5. The van der Waals surface area contributed by atoms with E-state index in [4.69, 9.17) is 11.6 Å². The van der Waals surface area contributed by atoms with Crippen LogP contribution in [0.5, 0.6) is 0 Å². The summed E-state index contributed by atoms with van der Waals surface area (Å²) in [6, 6.07) is 12.3. The van der Waals surface area contributed by atoms with Crippen LogP contribution in [0, 0.1) is 5.82 Å². The van der Waals surface area contributed by atoms with E-state index < -0.39 is 11.7 Å². The van der Waals surface area contributed by atoms with Crippen molar-refractivity contribution >= 4 is 38.9 Å². The summed E-state index contributed by atoms with van der Waals surface area (Å²) in [4.78, 5) is 12.3. The Labute approximate surface area is 142 Å². The number of benzene rings is 2. The van der Waals surface area contributed by atoms with Crippen molar-refractivity contribution in [2.75, 3.05) is 0 Å². The third-order valence-electron chi connectivity index (χ3n) is 3.65. The number of hydrogen-bond acceptors (Lipinski definition) is 2. The van der Waals surface area contributed by atoms with Crippen molar-refractivity contribution in [2.45, 2.75) is 19.4 Å². The van der Waals surface area contributed by atoms with E-state index in [0.717, 1.165) is 0 Å². The number of halogens is 2. The highest BCUT2D eigenvalue weighted by Gasteiger charge is 2.18. The smallest absolute Gasteiger partial charge is 0.255 e. The average Bonchev–Trinajstić information content (AvgIpc) is 2.90. The molecule has 1 amide bonds. The second-order valence-corrected chi connectivity index (χ2v) is 6.75. The van der Waals surface area contributed by atoms with Crippen molar-refractivity contribution in [3.05, 3.63) is 69.8 Å². The van der Waals surface area contributed by atoms with E-state index in [1.807, 2.05) is 19.1 Å². The van der Waals surface area contributed by atoms with E-state index >= 15 is 0 Å². The number of carbonyl (C=O) groups is 1. The molecule has 0 radical (unpaired) electrons. The molecule has 2 nitrogen and oxygen atoms in total. The molecule has 0 spiro atoms. The number of thiophene rings is 1. The van der Waals surface area contributed by atoms with E-state index in [1.54, 1.807) is 11.3 Å². The van der Waals surface area contributed by atoms with Gasteiger partial charge in [0.05, 0.1) is 10.6 Å². The molecule has 0 aliphatic rings. The Hall–Kier alpha value is -1.91. The van der Waals surface area contributed by atoms with Crippen LogP contribution in [0.15, 0.2) is 47.8 Å². The maximum absolute atomic E-state index is 13.8. The lowest BCUT2D eigenvalue weighted by molar-refractivity contribution is 0.0936. The minimum atomic E-state index is -0.608. The van der Waals surface area contributed by atoms with Gasteiger partial charge in [0.15, 0.2) is 0 Å². The standard InChI is InChI=1S/C18H15ClFNOS/c1-11(9-12-10-23-16-8-3-2-5-13(12)16)21-18(22)17-14(19)6-4-7-15(17)20/h2-8,10-11H,9H2,1H3,(H,21,22)/t11-/m0/s1. The third kappa shape index (κ3) is 3.38. The Morgan fingerprint density at radius 2 is 2.04 bits per heavy atom. The van der Waals surface area contributed by atoms with Gasteiger partial charge in [-0.2, -0.15) is 0 Å². The van der Waals surface area contributed by atoms with Gasteiger partial charge >= 0.3 is 0 Å². The number of nitrogens with one attached hydrogen (secondary N) is 1. The lowest BCUT2D eigenvalue weighted by atomic mass is 10.1. The number of hydrogen-bond donors (Lipinski definition) is 1. The summed E-state index contributed by atoms with van der Waals surface area (Å²) in [6.07, 6.45) is 0.682. The molecule has 1 N–H and O–H groups in total. The molecule has 5 heteroatoms. The second-order valence-electron chi connectivity index (χ2n) is 5.43. The zero-order valence-electron chi connectivity index (χ0n) is 12.5. The van der Waals surface area contributed by atoms with Gasteiger partial charge in [0, 0.05) is 10.7 Å². The molecule has 1 heterocycles. The Morgan fingerprint density at radius 1 is 1.26 bits per heavy atom. The van der Waals surface area contributed by atoms with Gasteiger partial charge in [-0.05, 0) is 47.9 Å². The first kappa shape index (κ1) is 16.0. The average molecular weight is 348 g/mol. The van der Waals surface area contributed by atoms with E-state index in [1.165, 1.54) is 33.8 Å². The Kier molecular flexibility index (Phi) is 4.64. The molecule has 3 rings (SSSR count). The molecular weight excluding hydrogens is 333 g/mol. The number of fused-ring (bicyclic) bond motifs is 1. The van der Waals surface area contributed by atoms with Gasteiger partial charge in [-0.15, -0.1) is 11.3 Å². The van der Waals surface area contributed by atoms with Gasteiger partial charge in [-0.1, -0.05) is 35.9 Å². The lowest BCUT2D eigenvalue weighted by Crippen LogP contribution is -2.34. The van der Waals surface area contributed by atoms with Crippen LogP contribution in [0.4, 0.5) is 4.39 Å². The van der Waals surface area contributed by atoms with Crippen molar-refractivity contribution in [3.63, 3.8) is 0 Å². The van der Waals surface area contributed by atoms with Crippen LogP contribution in [0.1, 0.15) is 22.8 Å². The molecule has 3 aromatic rings. The van der Waals surface area contributed by atoms with Crippen molar-refractivity contribution < 1.29 is 9.18 Å². The first-order chi connectivity index (χ1) is 11.1. The van der Waals surface area contributed by atoms with Crippen molar-refractivity contribution in [1.82, 2.24) is 5.32 Å². The van der Waals surface area contributed by atoms with Crippen LogP contribution < -0.4 is 5.32 Å². The fourth-order valence-electron chi connectivity index (χ4n) is 2.58. The van der Waals surface area contributed by atoms with Gasteiger partial charge in [0.2, 0.25) is 0 Å². The van der Waals surface area contributed by atoms with Gasteiger partial charge in [-0.3, -0.25) is 4.79 Å². The second kappa shape index (κ2) is 6.69. The van der Waals surface area contributed by atoms with Crippen LogP contribution in [0.25, 0.3) is 10.1 Å². The zero-order valence-corrected chi connectivity index (χ0v) is 14.0. The minimum absolute atomic E-state index is 0.101. The molecular formula is C18H15ClFNOS. The summed E-state index contributed by atoms with van der Waals surface area (Å²) in [7, 11) is 0. The van der Waals surface area contributed by atoms with Crippen LogP contribution in [0.3, 0.4) is 0 Å². The summed E-state index contributed by atoms with van der Waals surface area (Å²) in [5.74, 6) is -1.09. The van der Waals surface area contributed by atoms with E-state index in [-0.39, 0.29) is 16.6 Å². The molecule has 0 aliphatic carbocycles. The van der Waals surface area contributed by atoms with E-state index in [9.17, 15) is 9.18 Å². The minimum Gasteiger partial charge on any atom is -0.349 e. The normalized spacial score (nSPS) is 12.3. The molecule has 23 heavy (non-hydrogen) atoms. The van der Waals surface area contributed by atoms with Crippen LogP contribution in [0.2, 0.25) is 5.02 Å². The fourth-order valence-corrected chi connectivity index (χ4v) is 3.81. The highest BCUT2D eigenvalue weighted by molar-refractivity contribution is 7.17. The zero-order chi connectivity index (χ0) is 16.4. The molecule has 1 aromatic heterocycles. The quantitative estimate of drug-likeness (QED) is 0.702. The van der Waals surface area contributed by atoms with Crippen molar-refractivity contribution in [3.8, 4) is 0 Å². The predicted molar refractivity (Wildman–Crippen MR) is 93.9 cm³/mol. The maximum atomic E-state index is 13.8. The number of carbonyl (C=O) groups excluding carboxylic acids is 1. The molecule has 118 valence electrons. The number of amides is 1. The van der Waals surface area contributed by atoms with Gasteiger partial charge in [0.25, 0.3) is 5.91 Å². The summed E-state index contributed by atoms with van der Waals surface area (Å²) in [6.45, 7) is 1.90. The highest BCUT2D eigenvalue weighted by Crippen LogP contribution is 2.26. The largest absolute Gasteiger partial charge is 0.349 e. The topological polar surface area (TPSA) is 29.1 Å². The van der Waals surface area contributed by atoms with Gasteiger partial charge in [-0.25, -0.2) is 4.39 Å². The van der Waals surface area contributed by atoms with Crippen LogP contribution >= 0.6 is 22.9 Å². The first-order valence-corrected chi connectivity index (χ1v) is 8.52. The van der Waals surface area contributed by atoms with Crippen LogP contribution in [-0.4, -0.2) is 11.9 Å². The van der Waals surface area contributed by atoms with Crippen LogP contribution in [-0.2, 0) is 6.42 Å². The molecule has 0 fully saturated rings. The Balaban J connectivity index is 1.74.